The quantitative estimate of drug-likeness (QED) is 0.293. The van der Waals surface area contributed by atoms with Gasteiger partial charge in [0.05, 0.1) is 25.2 Å². The average molecular weight is 518 g/mol. The maximum Gasteiger partial charge on any atom is 0.310 e. The zero-order valence-electron chi connectivity index (χ0n) is 22.3. The van der Waals surface area contributed by atoms with Crippen LogP contribution in [0.2, 0.25) is 0 Å². The summed E-state index contributed by atoms with van der Waals surface area (Å²) in [5.74, 6) is 0.295. The lowest BCUT2D eigenvalue weighted by Gasteiger charge is -2.32. The fourth-order valence-electron chi connectivity index (χ4n) is 5.88. The number of benzene rings is 2. The fraction of sp³-hybridized carbons (Fsp3) is 0.281. The van der Waals surface area contributed by atoms with Gasteiger partial charge in [0, 0.05) is 48.0 Å². The van der Waals surface area contributed by atoms with Crippen molar-refractivity contribution in [3.63, 3.8) is 0 Å². The van der Waals surface area contributed by atoms with E-state index in [2.05, 4.69) is 70.0 Å². The second-order valence-electron chi connectivity index (χ2n) is 10.4. The van der Waals surface area contributed by atoms with Crippen LogP contribution in [0.1, 0.15) is 41.1 Å². The number of piperidine rings is 1. The van der Waals surface area contributed by atoms with Gasteiger partial charge in [-0.2, -0.15) is 5.26 Å². The Labute approximate surface area is 227 Å². The number of pyridine rings is 1. The number of aryl methyl sites for hydroxylation is 1. The molecule has 0 aliphatic carbocycles. The third-order valence-electron chi connectivity index (χ3n) is 8.15. The summed E-state index contributed by atoms with van der Waals surface area (Å²) in [6.07, 6.45) is 6.23. The maximum atomic E-state index is 11.9. The van der Waals surface area contributed by atoms with E-state index in [-0.39, 0.29) is 12.4 Å². The van der Waals surface area contributed by atoms with Gasteiger partial charge in [-0.1, -0.05) is 18.2 Å². The molecule has 7 nitrogen and oxygen atoms in total. The topological polar surface area (TPSA) is 86.9 Å². The zero-order valence-corrected chi connectivity index (χ0v) is 22.3. The van der Waals surface area contributed by atoms with Crippen LogP contribution in [0, 0.1) is 11.3 Å². The first-order valence-electron chi connectivity index (χ1n) is 13.4. The smallest absolute Gasteiger partial charge is 0.310 e. The molecule has 39 heavy (non-hydrogen) atoms. The minimum Gasteiger partial charge on any atom is -0.469 e. The van der Waals surface area contributed by atoms with Crippen molar-refractivity contribution in [3.8, 4) is 17.2 Å². The Morgan fingerprint density at radius 2 is 1.90 bits per heavy atom. The Morgan fingerprint density at radius 3 is 2.64 bits per heavy atom. The van der Waals surface area contributed by atoms with Crippen LogP contribution >= 0.6 is 0 Å². The van der Waals surface area contributed by atoms with Crippen LogP contribution in [0.5, 0.6) is 0 Å². The van der Waals surface area contributed by atoms with Gasteiger partial charge in [0.1, 0.15) is 5.65 Å². The van der Waals surface area contributed by atoms with Gasteiger partial charge in [0.15, 0.2) is 0 Å². The largest absolute Gasteiger partial charge is 0.469 e. The average Bonchev–Trinajstić information content (AvgIpc) is 3.53. The molecule has 0 amide bonds. The Morgan fingerprint density at radius 1 is 1.10 bits per heavy atom. The normalized spacial score (nSPS) is 14.6. The van der Waals surface area contributed by atoms with E-state index >= 15 is 0 Å². The Balaban J connectivity index is 1.23. The third-order valence-corrected chi connectivity index (χ3v) is 8.15. The second-order valence-corrected chi connectivity index (χ2v) is 10.4. The van der Waals surface area contributed by atoms with Gasteiger partial charge in [0.25, 0.3) is 0 Å². The number of aromatic nitrogens is 3. The number of esters is 1. The van der Waals surface area contributed by atoms with Crippen LogP contribution in [-0.4, -0.2) is 45.6 Å². The second kappa shape index (κ2) is 10.4. The molecule has 1 aliphatic heterocycles. The molecule has 6 rings (SSSR count). The predicted molar refractivity (Wildman–Crippen MR) is 152 cm³/mol. The highest BCUT2D eigenvalue weighted by Crippen LogP contribution is 2.34. The minimum absolute atomic E-state index is 0.239. The number of likely N-dealkylation sites (tertiary alicyclic amines) is 1. The first kappa shape index (κ1) is 24.9. The van der Waals surface area contributed by atoms with E-state index in [1.54, 1.807) is 0 Å². The summed E-state index contributed by atoms with van der Waals surface area (Å²) < 4.78 is 7.09. The third kappa shape index (κ3) is 4.80. The van der Waals surface area contributed by atoms with E-state index < -0.39 is 0 Å². The molecule has 0 atom stereocenters. The number of hydrogen-bond acceptors (Lipinski definition) is 5. The molecule has 0 saturated carbocycles. The van der Waals surface area contributed by atoms with E-state index in [1.165, 1.54) is 18.4 Å². The number of aromatic amines is 1. The molecule has 1 N–H and O–H groups in total. The van der Waals surface area contributed by atoms with Gasteiger partial charge in [-0.15, -0.1) is 0 Å². The highest BCUT2D eigenvalue weighted by Gasteiger charge is 2.22. The monoisotopic (exact) mass is 517 g/mol. The molecule has 7 heteroatoms. The van der Waals surface area contributed by atoms with Crippen molar-refractivity contribution in [2.75, 3.05) is 20.2 Å². The van der Waals surface area contributed by atoms with Crippen molar-refractivity contribution >= 4 is 27.9 Å². The number of fused-ring (bicyclic) bond motifs is 2. The molecule has 1 aliphatic rings. The van der Waals surface area contributed by atoms with Crippen LogP contribution in [0.15, 0.2) is 67.0 Å². The maximum absolute atomic E-state index is 11.9. The number of H-pyrrole nitrogens is 1. The van der Waals surface area contributed by atoms with Crippen LogP contribution in [0.4, 0.5) is 0 Å². The standard InChI is InChI=1S/C32H31N5O2/c1-36-26(20-37-13-10-23(11-14-37)22-5-3-21(18-33)4-6-22)17-29-27(9-12-34-32(29)36)24-7-8-30-28(15-24)25(19-35-30)16-31(38)39-2/h3-9,12,15,17,19,23,35H,10-11,13-14,16,20H2,1-2H3. The van der Waals surface area contributed by atoms with E-state index in [9.17, 15) is 4.79 Å². The van der Waals surface area contributed by atoms with Crippen molar-refractivity contribution in [2.24, 2.45) is 7.05 Å². The molecule has 5 aromatic rings. The van der Waals surface area contributed by atoms with Crippen molar-refractivity contribution < 1.29 is 9.53 Å². The molecular formula is C32H31N5O2. The molecule has 1 saturated heterocycles. The lowest BCUT2D eigenvalue weighted by Crippen LogP contribution is -2.33. The number of nitriles is 1. The van der Waals surface area contributed by atoms with Gasteiger partial charge in [-0.25, -0.2) is 4.98 Å². The number of methoxy groups -OCH3 is 1. The Hall–Kier alpha value is -4.41. The molecule has 4 heterocycles. The molecule has 2 aromatic carbocycles. The highest BCUT2D eigenvalue weighted by atomic mass is 16.5. The molecule has 3 aromatic heterocycles. The highest BCUT2D eigenvalue weighted by molar-refractivity contribution is 5.97. The van der Waals surface area contributed by atoms with Gasteiger partial charge < -0.3 is 14.3 Å². The zero-order chi connectivity index (χ0) is 26.9. The molecule has 0 radical (unpaired) electrons. The van der Waals surface area contributed by atoms with Crippen LogP contribution < -0.4 is 0 Å². The Bertz CT molecular complexity index is 1700. The van der Waals surface area contributed by atoms with Crippen molar-refractivity contribution in [1.82, 2.24) is 19.4 Å². The molecular weight excluding hydrogens is 486 g/mol. The summed E-state index contributed by atoms with van der Waals surface area (Å²) in [5, 5.41) is 11.2. The summed E-state index contributed by atoms with van der Waals surface area (Å²) in [7, 11) is 3.52. The number of carbonyl (C=O) groups is 1. The summed E-state index contributed by atoms with van der Waals surface area (Å²) in [6.45, 7) is 2.96. The van der Waals surface area contributed by atoms with E-state index in [1.807, 2.05) is 24.5 Å². The summed E-state index contributed by atoms with van der Waals surface area (Å²) >= 11 is 0. The van der Waals surface area contributed by atoms with E-state index in [0.29, 0.717) is 5.92 Å². The number of rotatable bonds is 6. The summed E-state index contributed by atoms with van der Waals surface area (Å²) in [5.41, 5.74) is 8.43. The summed E-state index contributed by atoms with van der Waals surface area (Å²) in [6, 6.07) is 21.0. The molecule has 1 fully saturated rings. The van der Waals surface area contributed by atoms with E-state index in [4.69, 9.17) is 15.0 Å². The van der Waals surface area contributed by atoms with Crippen LogP contribution in [-0.2, 0) is 29.5 Å². The molecule has 0 unspecified atom stereocenters. The van der Waals surface area contributed by atoms with Crippen LogP contribution in [0.25, 0.3) is 33.1 Å². The molecule has 0 bridgehead atoms. The van der Waals surface area contributed by atoms with Crippen molar-refractivity contribution in [3.05, 3.63) is 89.4 Å². The lowest BCUT2D eigenvalue weighted by atomic mass is 9.89. The summed E-state index contributed by atoms with van der Waals surface area (Å²) in [4.78, 5) is 22.4. The number of hydrogen-bond donors (Lipinski definition) is 1. The van der Waals surface area contributed by atoms with Gasteiger partial charge >= 0.3 is 5.97 Å². The number of nitrogens with one attached hydrogen (secondary N) is 1. The SMILES string of the molecule is COC(=O)Cc1c[nH]c2ccc(-c3ccnc4c3cc(CN3CCC(c5ccc(C#N)cc5)CC3)n4C)cc12. The first-order chi connectivity index (χ1) is 19.0. The van der Waals surface area contributed by atoms with Crippen molar-refractivity contribution in [1.29, 1.82) is 5.26 Å². The van der Waals surface area contributed by atoms with Gasteiger partial charge in [0.2, 0.25) is 0 Å². The number of ether oxygens (including phenoxy) is 1. The lowest BCUT2D eigenvalue weighted by molar-refractivity contribution is -0.139. The number of carbonyl (C=O) groups excluding carboxylic acids is 1. The fourth-order valence-corrected chi connectivity index (χ4v) is 5.88. The number of nitrogens with zero attached hydrogens (tertiary/aromatic N) is 4. The van der Waals surface area contributed by atoms with Crippen molar-refractivity contribution in [2.45, 2.75) is 31.7 Å². The predicted octanol–water partition coefficient (Wildman–Crippen LogP) is 5.69. The first-order valence-corrected chi connectivity index (χ1v) is 13.4. The van der Waals surface area contributed by atoms with E-state index in [0.717, 1.165) is 76.7 Å². The molecule has 0 spiro atoms. The van der Waals surface area contributed by atoms with Crippen LogP contribution in [0.3, 0.4) is 0 Å². The van der Waals surface area contributed by atoms with Gasteiger partial charge in [-0.3, -0.25) is 9.69 Å². The molecule has 196 valence electrons. The van der Waals surface area contributed by atoms with Gasteiger partial charge in [-0.05, 0) is 90.5 Å². The minimum atomic E-state index is -0.249. The Kier molecular flexibility index (Phi) is 6.64.